The fraction of sp³-hybridized carbons (Fsp3) is 0.818. The van der Waals surface area contributed by atoms with Gasteiger partial charge in [-0.25, -0.2) is 0 Å². The van der Waals surface area contributed by atoms with Crippen LogP contribution in [0.25, 0.3) is 0 Å². The van der Waals surface area contributed by atoms with Crippen LogP contribution in [0.5, 0.6) is 0 Å². The van der Waals surface area contributed by atoms with Gasteiger partial charge in [0.05, 0.1) is 12.1 Å². The van der Waals surface area contributed by atoms with Crippen molar-refractivity contribution >= 4 is 0 Å². The van der Waals surface area contributed by atoms with Crippen LogP contribution in [-0.2, 0) is 4.74 Å². The number of rotatable bonds is 7. The van der Waals surface area contributed by atoms with Gasteiger partial charge in [0.2, 0.25) is 0 Å². The molecule has 0 aromatic heterocycles. The van der Waals surface area contributed by atoms with Crippen LogP contribution in [-0.4, -0.2) is 19.3 Å². The van der Waals surface area contributed by atoms with Crippen LogP contribution in [0.2, 0.25) is 0 Å². The molecule has 14 heavy (non-hydrogen) atoms. The maximum atomic E-state index is 5.52. The third kappa shape index (κ3) is 4.22. The number of nitrogens with one attached hydrogen (secondary N) is 1. The summed E-state index contributed by atoms with van der Waals surface area (Å²) >= 11 is 0. The molecule has 0 rings (SSSR count). The number of hydrogen-bond acceptors (Lipinski definition) is 3. The molecule has 0 radical (unpaired) electrons. The second-order valence-corrected chi connectivity index (χ2v) is 4.03. The molecule has 0 saturated carbocycles. The lowest BCUT2D eigenvalue weighted by Gasteiger charge is -2.28. The first-order valence-electron chi connectivity index (χ1n) is 5.22. The van der Waals surface area contributed by atoms with E-state index < -0.39 is 0 Å². The smallest absolute Gasteiger partial charge is 0.0763 e. The molecule has 84 valence electrons. The van der Waals surface area contributed by atoms with E-state index in [0.29, 0.717) is 5.92 Å². The Morgan fingerprint density at radius 2 is 2.07 bits per heavy atom. The van der Waals surface area contributed by atoms with E-state index in [2.05, 4.69) is 32.8 Å². The molecule has 3 nitrogen and oxygen atoms in total. The Bertz CT molecular complexity index is 169. The summed E-state index contributed by atoms with van der Waals surface area (Å²) in [5, 5.41) is 0. The Balaban J connectivity index is 4.28. The largest absolute Gasteiger partial charge is 0.380 e. The van der Waals surface area contributed by atoms with Crippen molar-refractivity contribution in [2.75, 3.05) is 7.11 Å². The molecule has 2 unspecified atom stereocenters. The lowest BCUT2D eigenvalue weighted by Crippen LogP contribution is -2.47. The molecule has 3 heteroatoms. The molecule has 2 atom stereocenters. The lowest BCUT2D eigenvalue weighted by atomic mass is 9.94. The van der Waals surface area contributed by atoms with Gasteiger partial charge in [0.1, 0.15) is 0 Å². The van der Waals surface area contributed by atoms with Gasteiger partial charge in [-0.1, -0.05) is 32.9 Å². The summed E-state index contributed by atoms with van der Waals surface area (Å²) in [6.07, 6.45) is 2.01. The molecule has 0 bridgehead atoms. The predicted molar refractivity (Wildman–Crippen MR) is 60.8 cm³/mol. The first-order valence-corrected chi connectivity index (χ1v) is 5.22. The molecular formula is C11H24N2O. The minimum absolute atomic E-state index is 0.142. The first-order chi connectivity index (χ1) is 6.56. The van der Waals surface area contributed by atoms with Crippen LogP contribution < -0.4 is 11.3 Å². The molecule has 0 fully saturated rings. The number of hydrogen-bond donors (Lipinski definition) is 2. The average Bonchev–Trinajstić information content (AvgIpc) is 2.16. The van der Waals surface area contributed by atoms with Crippen molar-refractivity contribution in [2.24, 2.45) is 11.8 Å². The van der Waals surface area contributed by atoms with Crippen LogP contribution in [0.3, 0.4) is 0 Å². The SMILES string of the molecule is C=C(CC)CC(NN)C(OC)C(C)C. The molecular weight excluding hydrogens is 176 g/mol. The predicted octanol–water partition coefficient (Wildman–Crippen LogP) is 1.85. The van der Waals surface area contributed by atoms with Crippen LogP contribution in [0.15, 0.2) is 12.2 Å². The Morgan fingerprint density at radius 3 is 2.36 bits per heavy atom. The normalized spacial score (nSPS) is 15.6. The Kier molecular flexibility index (Phi) is 6.79. The fourth-order valence-electron chi connectivity index (χ4n) is 1.63. The van der Waals surface area contributed by atoms with Gasteiger partial charge < -0.3 is 4.74 Å². The maximum absolute atomic E-state index is 5.52. The molecule has 0 spiro atoms. The zero-order valence-corrected chi connectivity index (χ0v) is 9.84. The summed E-state index contributed by atoms with van der Waals surface area (Å²) in [4.78, 5) is 0. The standard InChI is InChI=1S/C11H24N2O/c1-6-9(4)7-10(13-12)11(14-5)8(2)3/h8,10-11,13H,4,6-7,12H2,1-3,5H3. The second kappa shape index (κ2) is 6.98. The van der Waals surface area contributed by atoms with Crippen LogP contribution in [0, 0.1) is 5.92 Å². The van der Waals surface area contributed by atoms with E-state index in [1.807, 2.05) is 0 Å². The van der Waals surface area contributed by atoms with Gasteiger partial charge in [-0.15, -0.1) is 0 Å². The van der Waals surface area contributed by atoms with Gasteiger partial charge in [0.15, 0.2) is 0 Å². The first kappa shape index (κ1) is 13.6. The molecule has 0 aromatic carbocycles. The van der Waals surface area contributed by atoms with Crippen molar-refractivity contribution in [1.82, 2.24) is 5.43 Å². The molecule has 0 heterocycles. The quantitative estimate of drug-likeness (QED) is 0.374. The van der Waals surface area contributed by atoms with E-state index in [4.69, 9.17) is 10.6 Å². The molecule has 0 aromatic rings. The van der Waals surface area contributed by atoms with Gasteiger partial charge in [0, 0.05) is 7.11 Å². The molecule has 0 aliphatic heterocycles. The van der Waals surface area contributed by atoms with Crippen LogP contribution >= 0.6 is 0 Å². The summed E-state index contributed by atoms with van der Waals surface area (Å²) < 4.78 is 5.43. The summed E-state index contributed by atoms with van der Waals surface area (Å²) in [5.74, 6) is 5.97. The zero-order chi connectivity index (χ0) is 11.1. The molecule has 0 aliphatic rings. The van der Waals surface area contributed by atoms with Crippen molar-refractivity contribution in [3.05, 3.63) is 12.2 Å². The monoisotopic (exact) mass is 200 g/mol. The number of hydrazine groups is 1. The maximum Gasteiger partial charge on any atom is 0.0763 e. The van der Waals surface area contributed by atoms with Gasteiger partial charge >= 0.3 is 0 Å². The minimum atomic E-state index is 0.142. The second-order valence-electron chi connectivity index (χ2n) is 4.03. The van der Waals surface area contributed by atoms with Gasteiger partial charge in [-0.05, 0) is 18.8 Å². The highest BCUT2D eigenvalue weighted by molar-refractivity contribution is 4.98. The van der Waals surface area contributed by atoms with E-state index in [1.165, 1.54) is 5.57 Å². The Morgan fingerprint density at radius 1 is 1.50 bits per heavy atom. The van der Waals surface area contributed by atoms with Crippen molar-refractivity contribution < 1.29 is 4.74 Å². The average molecular weight is 200 g/mol. The van der Waals surface area contributed by atoms with E-state index in [1.54, 1.807) is 7.11 Å². The minimum Gasteiger partial charge on any atom is -0.380 e. The molecule has 0 amide bonds. The number of ether oxygens (including phenoxy) is 1. The summed E-state index contributed by atoms with van der Waals surface area (Å²) in [5.41, 5.74) is 4.02. The molecule has 0 saturated heterocycles. The third-order valence-corrected chi connectivity index (χ3v) is 2.55. The van der Waals surface area contributed by atoms with Crippen molar-refractivity contribution in [1.29, 1.82) is 0 Å². The Hall–Kier alpha value is -0.380. The summed E-state index contributed by atoms with van der Waals surface area (Å²) in [6, 6.07) is 0.160. The zero-order valence-electron chi connectivity index (χ0n) is 9.84. The lowest BCUT2D eigenvalue weighted by molar-refractivity contribution is 0.0331. The highest BCUT2D eigenvalue weighted by atomic mass is 16.5. The number of nitrogens with two attached hydrogens (primary N) is 1. The van der Waals surface area contributed by atoms with Crippen molar-refractivity contribution in [3.63, 3.8) is 0 Å². The van der Waals surface area contributed by atoms with E-state index in [0.717, 1.165) is 12.8 Å². The highest BCUT2D eigenvalue weighted by Crippen LogP contribution is 2.16. The van der Waals surface area contributed by atoms with E-state index in [9.17, 15) is 0 Å². The van der Waals surface area contributed by atoms with Gasteiger partial charge in [0.25, 0.3) is 0 Å². The summed E-state index contributed by atoms with van der Waals surface area (Å²) in [6.45, 7) is 10.4. The van der Waals surface area contributed by atoms with Crippen molar-refractivity contribution in [2.45, 2.75) is 45.8 Å². The van der Waals surface area contributed by atoms with E-state index >= 15 is 0 Å². The molecule has 3 N–H and O–H groups in total. The summed E-state index contributed by atoms with van der Waals surface area (Å²) in [7, 11) is 1.73. The van der Waals surface area contributed by atoms with Gasteiger partial charge in [-0.2, -0.15) is 0 Å². The topological polar surface area (TPSA) is 47.3 Å². The van der Waals surface area contributed by atoms with Gasteiger partial charge in [-0.3, -0.25) is 11.3 Å². The third-order valence-electron chi connectivity index (χ3n) is 2.55. The molecule has 0 aliphatic carbocycles. The van der Waals surface area contributed by atoms with Crippen LogP contribution in [0.4, 0.5) is 0 Å². The highest BCUT2D eigenvalue weighted by Gasteiger charge is 2.23. The van der Waals surface area contributed by atoms with Crippen molar-refractivity contribution in [3.8, 4) is 0 Å². The fourth-order valence-corrected chi connectivity index (χ4v) is 1.63. The number of methoxy groups -OCH3 is 1. The Labute approximate surface area is 87.7 Å². The van der Waals surface area contributed by atoms with E-state index in [-0.39, 0.29) is 12.1 Å². The van der Waals surface area contributed by atoms with Crippen LogP contribution in [0.1, 0.15) is 33.6 Å².